The normalized spacial score (nSPS) is 11.2. The van der Waals surface area contributed by atoms with Crippen LogP contribution in [0.4, 0.5) is 13.2 Å². The number of hydrogen-bond acceptors (Lipinski definition) is 5. The molecule has 0 unspecified atom stereocenters. The highest BCUT2D eigenvalue weighted by Crippen LogP contribution is 2.33. The van der Waals surface area contributed by atoms with Gasteiger partial charge in [0.2, 0.25) is 5.82 Å². The number of amides is 1. The standard InChI is InChI=1S/C17H11F3N4O2/c18-17(19,20)26-14-7-2-1-4-10(14)11-5-3-6-12(23-11)13-8-9-22-16(24-13)15(21)25/h1-9H,(H2,21,25). The molecule has 9 heteroatoms. The van der Waals surface area contributed by atoms with Crippen molar-refractivity contribution >= 4 is 5.91 Å². The average molecular weight is 360 g/mol. The van der Waals surface area contributed by atoms with E-state index in [0.29, 0.717) is 11.4 Å². The fourth-order valence-electron chi connectivity index (χ4n) is 2.24. The maximum Gasteiger partial charge on any atom is 0.573 e. The van der Waals surface area contributed by atoms with E-state index in [0.717, 1.165) is 0 Å². The Balaban J connectivity index is 2.04. The molecule has 132 valence electrons. The van der Waals surface area contributed by atoms with Crippen molar-refractivity contribution in [2.24, 2.45) is 5.73 Å². The minimum atomic E-state index is -4.82. The molecular formula is C17H11F3N4O2. The maximum absolute atomic E-state index is 12.6. The van der Waals surface area contributed by atoms with Gasteiger partial charge in [0, 0.05) is 11.8 Å². The predicted molar refractivity (Wildman–Crippen MR) is 85.9 cm³/mol. The molecule has 1 aromatic carbocycles. The summed E-state index contributed by atoms with van der Waals surface area (Å²) < 4.78 is 41.9. The fraction of sp³-hybridized carbons (Fsp3) is 0.0588. The van der Waals surface area contributed by atoms with Crippen molar-refractivity contribution in [2.75, 3.05) is 0 Å². The Bertz CT molecular complexity index is 960. The van der Waals surface area contributed by atoms with Gasteiger partial charge in [-0.05, 0) is 30.3 Å². The molecular weight excluding hydrogens is 349 g/mol. The smallest absolute Gasteiger partial charge is 0.405 e. The van der Waals surface area contributed by atoms with Crippen LogP contribution < -0.4 is 10.5 Å². The number of aromatic nitrogens is 3. The number of alkyl halides is 3. The predicted octanol–water partition coefficient (Wildman–Crippen LogP) is 3.20. The second kappa shape index (κ2) is 6.79. The summed E-state index contributed by atoms with van der Waals surface area (Å²) in [6.45, 7) is 0. The van der Waals surface area contributed by atoms with Gasteiger partial charge in [-0.25, -0.2) is 15.0 Å². The van der Waals surface area contributed by atoms with E-state index in [4.69, 9.17) is 5.73 Å². The number of pyridine rings is 1. The molecule has 2 N–H and O–H groups in total. The molecule has 0 atom stereocenters. The van der Waals surface area contributed by atoms with Crippen LogP contribution in [0.15, 0.2) is 54.7 Å². The van der Waals surface area contributed by atoms with E-state index in [2.05, 4.69) is 19.7 Å². The third-order valence-electron chi connectivity index (χ3n) is 3.28. The topological polar surface area (TPSA) is 91.0 Å². The maximum atomic E-state index is 12.6. The lowest BCUT2D eigenvalue weighted by molar-refractivity contribution is -0.274. The van der Waals surface area contributed by atoms with E-state index in [-0.39, 0.29) is 22.8 Å². The van der Waals surface area contributed by atoms with E-state index in [1.54, 1.807) is 18.2 Å². The van der Waals surface area contributed by atoms with E-state index >= 15 is 0 Å². The highest BCUT2D eigenvalue weighted by Gasteiger charge is 2.32. The molecule has 3 aromatic rings. The average Bonchev–Trinajstić information content (AvgIpc) is 2.61. The molecule has 2 heterocycles. The Kier molecular flexibility index (Phi) is 4.53. The van der Waals surface area contributed by atoms with Crippen molar-refractivity contribution in [2.45, 2.75) is 6.36 Å². The number of para-hydroxylation sites is 1. The quantitative estimate of drug-likeness (QED) is 0.771. The van der Waals surface area contributed by atoms with Gasteiger partial charge >= 0.3 is 6.36 Å². The molecule has 0 aliphatic rings. The lowest BCUT2D eigenvalue weighted by atomic mass is 10.1. The molecule has 26 heavy (non-hydrogen) atoms. The molecule has 0 aliphatic heterocycles. The number of halogens is 3. The van der Waals surface area contributed by atoms with Gasteiger partial charge < -0.3 is 10.5 Å². The van der Waals surface area contributed by atoms with Crippen LogP contribution in [0.5, 0.6) is 5.75 Å². The molecule has 0 fully saturated rings. The lowest BCUT2D eigenvalue weighted by Crippen LogP contribution is -2.17. The highest BCUT2D eigenvalue weighted by molar-refractivity contribution is 5.89. The first-order valence-electron chi connectivity index (χ1n) is 7.29. The number of hydrogen-bond donors (Lipinski definition) is 1. The minimum absolute atomic E-state index is 0.163. The van der Waals surface area contributed by atoms with Crippen molar-refractivity contribution in [3.8, 4) is 28.4 Å². The van der Waals surface area contributed by atoms with Gasteiger partial charge in [0.25, 0.3) is 5.91 Å². The zero-order chi connectivity index (χ0) is 18.7. The van der Waals surface area contributed by atoms with Crippen LogP contribution >= 0.6 is 0 Å². The second-order valence-corrected chi connectivity index (χ2v) is 5.08. The van der Waals surface area contributed by atoms with Crippen LogP contribution in [0.1, 0.15) is 10.6 Å². The Labute approximate surface area is 145 Å². The van der Waals surface area contributed by atoms with Crippen LogP contribution in [0.3, 0.4) is 0 Å². The molecule has 0 radical (unpaired) electrons. The zero-order valence-electron chi connectivity index (χ0n) is 13.1. The highest BCUT2D eigenvalue weighted by atomic mass is 19.4. The molecule has 0 bridgehead atoms. The van der Waals surface area contributed by atoms with Crippen LogP contribution in [-0.2, 0) is 0 Å². The van der Waals surface area contributed by atoms with Gasteiger partial charge in [-0.15, -0.1) is 13.2 Å². The first-order chi connectivity index (χ1) is 12.3. The van der Waals surface area contributed by atoms with Crippen LogP contribution in [-0.4, -0.2) is 27.2 Å². The first-order valence-corrected chi connectivity index (χ1v) is 7.29. The van der Waals surface area contributed by atoms with Gasteiger partial charge in [0.05, 0.1) is 17.1 Å². The molecule has 6 nitrogen and oxygen atoms in total. The summed E-state index contributed by atoms with van der Waals surface area (Å²) in [6, 6.07) is 11.9. The third kappa shape index (κ3) is 3.94. The van der Waals surface area contributed by atoms with E-state index in [1.165, 1.54) is 36.5 Å². The number of nitrogens with two attached hydrogens (primary N) is 1. The minimum Gasteiger partial charge on any atom is -0.405 e. The van der Waals surface area contributed by atoms with Crippen molar-refractivity contribution in [3.63, 3.8) is 0 Å². The summed E-state index contributed by atoms with van der Waals surface area (Å²) in [5, 5.41) is 0. The monoisotopic (exact) mass is 360 g/mol. The van der Waals surface area contributed by atoms with Crippen molar-refractivity contribution in [1.82, 2.24) is 15.0 Å². The molecule has 0 spiro atoms. The number of carbonyl (C=O) groups excluding carboxylic acids is 1. The Morgan fingerprint density at radius 2 is 1.62 bits per heavy atom. The zero-order valence-corrected chi connectivity index (χ0v) is 13.1. The number of benzene rings is 1. The molecule has 0 saturated carbocycles. The van der Waals surface area contributed by atoms with Crippen molar-refractivity contribution < 1.29 is 22.7 Å². The summed E-state index contributed by atoms with van der Waals surface area (Å²) in [6.07, 6.45) is -3.48. The van der Waals surface area contributed by atoms with Crippen molar-refractivity contribution in [3.05, 3.63) is 60.6 Å². The number of ether oxygens (including phenoxy) is 1. The molecule has 2 aromatic heterocycles. The number of primary amides is 1. The van der Waals surface area contributed by atoms with Crippen LogP contribution in [0, 0.1) is 0 Å². The van der Waals surface area contributed by atoms with Gasteiger partial charge in [-0.1, -0.05) is 18.2 Å². The summed E-state index contributed by atoms with van der Waals surface area (Å²) in [7, 11) is 0. The Morgan fingerprint density at radius 1 is 0.923 bits per heavy atom. The first kappa shape index (κ1) is 17.3. The molecule has 0 aliphatic carbocycles. The van der Waals surface area contributed by atoms with Crippen LogP contribution in [0.25, 0.3) is 22.6 Å². The SMILES string of the molecule is NC(=O)c1nccc(-c2cccc(-c3ccccc3OC(F)(F)F)n2)n1. The summed E-state index contributed by atoms with van der Waals surface area (Å²) in [5.74, 6) is -1.35. The molecule has 0 saturated heterocycles. The summed E-state index contributed by atoms with van der Waals surface area (Å²) in [5.41, 5.74) is 6.22. The summed E-state index contributed by atoms with van der Waals surface area (Å²) >= 11 is 0. The number of carbonyl (C=O) groups is 1. The van der Waals surface area contributed by atoms with Gasteiger partial charge in [-0.2, -0.15) is 0 Å². The largest absolute Gasteiger partial charge is 0.573 e. The number of rotatable bonds is 4. The van der Waals surface area contributed by atoms with Gasteiger partial charge in [0.1, 0.15) is 5.75 Å². The third-order valence-corrected chi connectivity index (χ3v) is 3.28. The van der Waals surface area contributed by atoms with E-state index < -0.39 is 12.3 Å². The van der Waals surface area contributed by atoms with Crippen molar-refractivity contribution in [1.29, 1.82) is 0 Å². The Hall–Kier alpha value is -3.49. The van der Waals surface area contributed by atoms with E-state index in [1.807, 2.05) is 0 Å². The molecule has 1 amide bonds. The summed E-state index contributed by atoms with van der Waals surface area (Å²) in [4.78, 5) is 23.3. The number of nitrogens with zero attached hydrogens (tertiary/aromatic N) is 3. The fourth-order valence-corrected chi connectivity index (χ4v) is 2.24. The van der Waals surface area contributed by atoms with Crippen LogP contribution in [0.2, 0.25) is 0 Å². The van der Waals surface area contributed by atoms with Gasteiger partial charge in [-0.3, -0.25) is 4.79 Å². The Morgan fingerprint density at radius 3 is 2.35 bits per heavy atom. The lowest BCUT2D eigenvalue weighted by Gasteiger charge is -2.13. The van der Waals surface area contributed by atoms with E-state index in [9.17, 15) is 18.0 Å². The van der Waals surface area contributed by atoms with Gasteiger partial charge in [0.15, 0.2) is 0 Å². The second-order valence-electron chi connectivity index (χ2n) is 5.08. The molecule has 3 rings (SSSR count).